The molecule has 3 rings (SSSR count). The van der Waals surface area contributed by atoms with E-state index in [1.807, 2.05) is 49.4 Å². The van der Waals surface area contributed by atoms with Crippen LogP contribution < -0.4 is 11.1 Å². The maximum absolute atomic E-state index is 12.4. The molecule has 0 spiro atoms. The maximum atomic E-state index is 12.4. The molecule has 0 aromatic heterocycles. The summed E-state index contributed by atoms with van der Waals surface area (Å²) in [5.41, 5.74) is 9.78. The normalized spacial score (nSPS) is 19.9. The Labute approximate surface area is 161 Å². The third kappa shape index (κ3) is 5.39. The standard InChI is InChI=1S/C22H29N3O2/c1-2-27-16-19-11-7-6-10-18(19)12-24-22(26)15-25-13-20(21(23)14-25)17-8-4-3-5-9-17/h3-11,20-21H,2,12-16,23H2,1H3,(H,24,26)/t20-,21+/m0/s1. The zero-order chi connectivity index (χ0) is 19.1. The van der Waals surface area contributed by atoms with Crippen LogP contribution in [0.2, 0.25) is 0 Å². The quantitative estimate of drug-likeness (QED) is 0.751. The molecule has 1 aliphatic heterocycles. The van der Waals surface area contributed by atoms with Gasteiger partial charge in [0.2, 0.25) is 5.91 Å². The highest BCUT2D eigenvalue weighted by Gasteiger charge is 2.31. The van der Waals surface area contributed by atoms with Crippen molar-refractivity contribution in [2.45, 2.75) is 32.0 Å². The number of nitrogens with two attached hydrogens (primary N) is 1. The van der Waals surface area contributed by atoms with Crippen LogP contribution in [-0.4, -0.2) is 43.1 Å². The van der Waals surface area contributed by atoms with E-state index in [9.17, 15) is 4.79 Å². The first-order valence-corrected chi connectivity index (χ1v) is 9.61. The molecule has 1 heterocycles. The van der Waals surface area contributed by atoms with E-state index in [0.29, 0.717) is 26.3 Å². The number of hydrogen-bond donors (Lipinski definition) is 2. The van der Waals surface area contributed by atoms with E-state index in [1.165, 1.54) is 5.56 Å². The van der Waals surface area contributed by atoms with Crippen LogP contribution in [0, 0.1) is 0 Å². The summed E-state index contributed by atoms with van der Waals surface area (Å²) in [6, 6.07) is 18.4. The van der Waals surface area contributed by atoms with Crippen LogP contribution in [0.25, 0.3) is 0 Å². The second-order valence-electron chi connectivity index (χ2n) is 7.06. The van der Waals surface area contributed by atoms with Crippen molar-refractivity contribution in [3.63, 3.8) is 0 Å². The monoisotopic (exact) mass is 367 g/mol. The zero-order valence-corrected chi connectivity index (χ0v) is 15.9. The Morgan fingerprint density at radius 1 is 1.11 bits per heavy atom. The SMILES string of the molecule is CCOCc1ccccc1CNC(=O)CN1C[C@@H](N)[C@H](c2ccccc2)C1. The second kappa shape index (κ2) is 9.65. The van der Waals surface area contributed by atoms with Gasteiger partial charge in [0.25, 0.3) is 0 Å². The summed E-state index contributed by atoms with van der Waals surface area (Å²) in [6.07, 6.45) is 0. The van der Waals surface area contributed by atoms with E-state index < -0.39 is 0 Å². The largest absolute Gasteiger partial charge is 0.377 e. The minimum Gasteiger partial charge on any atom is -0.377 e. The summed E-state index contributed by atoms with van der Waals surface area (Å²) < 4.78 is 5.51. The van der Waals surface area contributed by atoms with Gasteiger partial charge in [-0.15, -0.1) is 0 Å². The molecule has 1 fully saturated rings. The summed E-state index contributed by atoms with van der Waals surface area (Å²) in [6.45, 7) is 5.69. The minimum atomic E-state index is 0.0297. The Balaban J connectivity index is 1.50. The predicted molar refractivity (Wildman–Crippen MR) is 107 cm³/mol. The van der Waals surface area contributed by atoms with Gasteiger partial charge in [-0.1, -0.05) is 54.6 Å². The van der Waals surface area contributed by atoms with E-state index in [0.717, 1.165) is 24.2 Å². The van der Waals surface area contributed by atoms with E-state index in [1.54, 1.807) is 0 Å². The molecular weight excluding hydrogens is 338 g/mol. The highest BCUT2D eigenvalue weighted by atomic mass is 16.5. The Morgan fingerprint density at radius 2 is 1.81 bits per heavy atom. The number of hydrogen-bond acceptors (Lipinski definition) is 4. The summed E-state index contributed by atoms with van der Waals surface area (Å²) >= 11 is 0. The van der Waals surface area contributed by atoms with Crippen molar-refractivity contribution < 1.29 is 9.53 Å². The Bertz CT molecular complexity index is 735. The molecule has 0 bridgehead atoms. The molecule has 1 amide bonds. The molecule has 0 unspecified atom stereocenters. The molecule has 0 saturated carbocycles. The van der Waals surface area contributed by atoms with Gasteiger partial charge in [0.15, 0.2) is 0 Å². The highest BCUT2D eigenvalue weighted by Crippen LogP contribution is 2.25. The fourth-order valence-corrected chi connectivity index (χ4v) is 3.63. The number of carbonyl (C=O) groups is 1. The van der Waals surface area contributed by atoms with Crippen molar-refractivity contribution in [2.24, 2.45) is 5.73 Å². The number of amides is 1. The molecule has 0 aliphatic carbocycles. The first kappa shape index (κ1) is 19.5. The fraction of sp³-hybridized carbons (Fsp3) is 0.409. The lowest BCUT2D eigenvalue weighted by atomic mass is 9.95. The molecule has 0 radical (unpaired) electrons. The van der Waals surface area contributed by atoms with Crippen LogP contribution in [0.3, 0.4) is 0 Å². The van der Waals surface area contributed by atoms with Crippen molar-refractivity contribution in [1.29, 1.82) is 0 Å². The number of carbonyl (C=O) groups excluding carboxylic acids is 1. The summed E-state index contributed by atoms with van der Waals surface area (Å²) in [4.78, 5) is 14.6. The molecule has 5 heteroatoms. The van der Waals surface area contributed by atoms with Crippen molar-refractivity contribution >= 4 is 5.91 Å². The molecule has 1 saturated heterocycles. The van der Waals surface area contributed by atoms with E-state index >= 15 is 0 Å². The van der Waals surface area contributed by atoms with Crippen LogP contribution in [0.5, 0.6) is 0 Å². The van der Waals surface area contributed by atoms with E-state index in [-0.39, 0.29) is 17.9 Å². The summed E-state index contributed by atoms with van der Waals surface area (Å²) in [5, 5.41) is 3.04. The average Bonchev–Trinajstić information content (AvgIpc) is 3.06. The molecule has 2 aromatic rings. The zero-order valence-electron chi connectivity index (χ0n) is 15.9. The summed E-state index contributed by atoms with van der Waals surface area (Å²) in [7, 11) is 0. The minimum absolute atomic E-state index is 0.0297. The molecule has 5 nitrogen and oxygen atoms in total. The Hall–Kier alpha value is -2.21. The molecule has 1 aliphatic rings. The molecule has 3 N–H and O–H groups in total. The molecule has 2 aromatic carbocycles. The molecule has 2 atom stereocenters. The van der Waals surface area contributed by atoms with E-state index in [2.05, 4.69) is 22.3 Å². The maximum Gasteiger partial charge on any atom is 0.234 e. The Kier molecular flexibility index (Phi) is 6.98. The van der Waals surface area contributed by atoms with E-state index in [4.69, 9.17) is 10.5 Å². The van der Waals surface area contributed by atoms with Crippen LogP contribution in [0.1, 0.15) is 29.5 Å². The number of nitrogens with zero attached hydrogens (tertiary/aromatic N) is 1. The Morgan fingerprint density at radius 3 is 2.56 bits per heavy atom. The average molecular weight is 367 g/mol. The highest BCUT2D eigenvalue weighted by molar-refractivity contribution is 5.78. The van der Waals surface area contributed by atoms with Crippen molar-refractivity contribution in [3.8, 4) is 0 Å². The third-order valence-corrected chi connectivity index (χ3v) is 5.09. The van der Waals surface area contributed by atoms with Crippen molar-refractivity contribution in [2.75, 3.05) is 26.2 Å². The lowest BCUT2D eigenvalue weighted by molar-refractivity contribution is -0.122. The van der Waals surface area contributed by atoms with Crippen LogP contribution >= 0.6 is 0 Å². The van der Waals surface area contributed by atoms with Gasteiger partial charge in [-0.2, -0.15) is 0 Å². The van der Waals surface area contributed by atoms with Gasteiger partial charge in [0, 0.05) is 38.2 Å². The van der Waals surface area contributed by atoms with Crippen molar-refractivity contribution in [3.05, 3.63) is 71.3 Å². The van der Waals surface area contributed by atoms with Gasteiger partial charge in [0.05, 0.1) is 13.2 Å². The third-order valence-electron chi connectivity index (χ3n) is 5.09. The van der Waals surface area contributed by atoms with Crippen molar-refractivity contribution in [1.82, 2.24) is 10.2 Å². The smallest absolute Gasteiger partial charge is 0.234 e. The number of ether oxygens (including phenoxy) is 1. The fourth-order valence-electron chi connectivity index (χ4n) is 3.63. The lowest BCUT2D eigenvalue weighted by Crippen LogP contribution is -2.37. The molecule has 144 valence electrons. The molecular formula is C22H29N3O2. The van der Waals surface area contributed by atoms with Gasteiger partial charge < -0.3 is 15.8 Å². The van der Waals surface area contributed by atoms with Gasteiger partial charge in [-0.25, -0.2) is 0 Å². The van der Waals surface area contributed by atoms with Crippen LogP contribution in [-0.2, 0) is 22.7 Å². The first-order chi connectivity index (χ1) is 13.2. The van der Waals surface area contributed by atoms with Gasteiger partial charge in [-0.3, -0.25) is 9.69 Å². The molecule has 27 heavy (non-hydrogen) atoms. The van der Waals surface area contributed by atoms with Crippen LogP contribution in [0.15, 0.2) is 54.6 Å². The van der Waals surface area contributed by atoms with Gasteiger partial charge in [0.1, 0.15) is 0 Å². The number of likely N-dealkylation sites (tertiary alicyclic amines) is 1. The summed E-state index contributed by atoms with van der Waals surface area (Å²) in [5.74, 6) is 0.313. The second-order valence-corrected chi connectivity index (χ2v) is 7.06. The first-order valence-electron chi connectivity index (χ1n) is 9.61. The predicted octanol–water partition coefficient (Wildman–Crippen LogP) is 2.27. The number of rotatable bonds is 8. The number of benzene rings is 2. The topological polar surface area (TPSA) is 67.6 Å². The van der Waals surface area contributed by atoms with Gasteiger partial charge >= 0.3 is 0 Å². The lowest BCUT2D eigenvalue weighted by Gasteiger charge is -2.16. The van der Waals surface area contributed by atoms with Gasteiger partial charge in [-0.05, 0) is 23.6 Å². The van der Waals surface area contributed by atoms with Crippen LogP contribution in [0.4, 0.5) is 0 Å². The number of nitrogens with one attached hydrogen (secondary N) is 1.